The third-order valence-electron chi connectivity index (χ3n) is 2.89. The zero-order valence-electron chi connectivity index (χ0n) is 11.9. The minimum Gasteiger partial charge on any atom is -0.467 e. The number of carbonyl (C=O) groups is 1. The summed E-state index contributed by atoms with van der Waals surface area (Å²) in [5, 5.41) is 15.4. The summed E-state index contributed by atoms with van der Waals surface area (Å²) in [6, 6.07) is 3.26. The molecule has 0 saturated carbocycles. The van der Waals surface area contributed by atoms with Gasteiger partial charge in [0.15, 0.2) is 0 Å². The summed E-state index contributed by atoms with van der Waals surface area (Å²) in [5.74, 6) is 1.24. The SMILES string of the molecule is CC(C)CC[C@](C)(O)CNC(=O)NCc1ccco1. The number of furan rings is 1. The van der Waals surface area contributed by atoms with Crippen LogP contribution in [0.5, 0.6) is 0 Å². The Morgan fingerprint density at radius 2 is 2.21 bits per heavy atom. The molecule has 0 aliphatic carbocycles. The Morgan fingerprint density at radius 3 is 2.79 bits per heavy atom. The van der Waals surface area contributed by atoms with E-state index in [-0.39, 0.29) is 12.6 Å². The van der Waals surface area contributed by atoms with Gasteiger partial charge in [0.25, 0.3) is 0 Å². The lowest BCUT2D eigenvalue weighted by Crippen LogP contribution is -2.44. The van der Waals surface area contributed by atoms with E-state index in [1.54, 1.807) is 25.3 Å². The summed E-state index contributed by atoms with van der Waals surface area (Å²) in [5.41, 5.74) is -0.869. The van der Waals surface area contributed by atoms with Crippen LogP contribution < -0.4 is 10.6 Å². The largest absolute Gasteiger partial charge is 0.467 e. The number of aliphatic hydroxyl groups is 1. The van der Waals surface area contributed by atoms with Crippen molar-refractivity contribution in [1.29, 1.82) is 0 Å². The summed E-state index contributed by atoms with van der Waals surface area (Å²) in [7, 11) is 0. The molecule has 0 unspecified atom stereocenters. The normalized spacial score (nSPS) is 14.2. The molecule has 1 heterocycles. The number of amides is 2. The Hall–Kier alpha value is -1.49. The van der Waals surface area contributed by atoms with E-state index in [0.29, 0.717) is 24.6 Å². The first-order chi connectivity index (χ1) is 8.89. The number of urea groups is 1. The summed E-state index contributed by atoms with van der Waals surface area (Å²) in [6.45, 7) is 6.54. The van der Waals surface area contributed by atoms with Gasteiger partial charge < -0.3 is 20.2 Å². The highest BCUT2D eigenvalue weighted by Gasteiger charge is 2.21. The molecule has 1 aromatic rings. The van der Waals surface area contributed by atoms with Gasteiger partial charge in [0.05, 0.1) is 18.4 Å². The number of hydrogen-bond acceptors (Lipinski definition) is 3. The van der Waals surface area contributed by atoms with Crippen molar-refractivity contribution in [2.75, 3.05) is 6.54 Å². The van der Waals surface area contributed by atoms with Crippen molar-refractivity contribution in [3.8, 4) is 0 Å². The molecule has 1 rings (SSSR count). The molecule has 108 valence electrons. The van der Waals surface area contributed by atoms with Crippen LogP contribution in [0.25, 0.3) is 0 Å². The monoisotopic (exact) mass is 268 g/mol. The summed E-state index contributed by atoms with van der Waals surface area (Å²) in [4.78, 5) is 11.5. The van der Waals surface area contributed by atoms with Crippen LogP contribution in [-0.2, 0) is 6.54 Å². The molecule has 2 amide bonds. The van der Waals surface area contributed by atoms with Crippen molar-refractivity contribution in [2.45, 2.75) is 45.8 Å². The highest BCUT2D eigenvalue weighted by atomic mass is 16.3. The molecule has 5 heteroatoms. The Bertz CT molecular complexity index is 372. The van der Waals surface area contributed by atoms with Crippen molar-refractivity contribution >= 4 is 6.03 Å². The molecule has 0 saturated heterocycles. The van der Waals surface area contributed by atoms with Gasteiger partial charge in [-0.15, -0.1) is 0 Å². The highest BCUT2D eigenvalue weighted by Crippen LogP contribution is 2.15. The first-order valence-electron chi connectivity index (χ1n) is 6.65. The lowest BCUT2D eigenvalue weighted by atomic mass is 9.95. The fourth-order valence-corrected chi connectivity index (χ4v) is 1.60. The maximum Gasteiger partial charge on any atom is 0.315 e. The molecular weight excluding hydrogens is 244 g/mol. The van der Waals surface area contributed by atoms with Crippen LogP contribution in [0.1, 0.15) is 39.4 Å². The molecule has 0 aromatic carbocycles. The Labute approximate surface area is 114 Å². The van der Waals surface area contributed by atoms with Crippen LogP contribution in [0, 0.1) is 5.92 Å². The second-order valence-electron chi connectivity index (χ2n) is 5.55. The van der Waals surface area contributed by atoms with Crippen molar-refractivity contribution in [3.05, 3.63) is 24.2 Å². The molecule has 0 aliphatic heterocycles. The van der Waals surface area contributed by atoms with Crippen LogP contribution in [0.2, 0.25) is 0 Å². The zero-order valence-corrected chi connectivity index (χ0v) is 11.9. The van der Waals surface area contributed by atoms with Crippen LogP contribution in [0.15, 0.2) is 22.8 Å². The van der Waals surface area contributed by atoms with E-state index in [1.807, 2.05) is 0 Å². The molecule has 0 spiro atoms. The van der Waals surface area contributed by atoms with Gasteiger partial charge in [-0.05, 0) is 37.8 Å². The summed E-state index contributed by atoms with van der Waals surface area (Å²) < 4.78 is 5.10. The molecule has 19 heavy (non-hydrogen) atoms. The van der Waals surface area contributed by atoms with Crippen molar-refractivity contribution in [1.82, 2.24) is 10.6 Å². The Balaban J connectivity index is 2.21. The molecule has 0 fully saturated rings. The topological polar surface area (TPSA) is 74.5 Å². The fourth-order valence-electron chi connectivity index (χ4n) is 1.60. The number of nitrogens with one attached hydrogen (secondary N) is 2. The number of hydrogen-bond donors (Lipinski definition) is 3. The summed E-state index contributed by atoms with van der Waals surface area (Å²) in [6.07, 6.45) is 3.16. The number of rotatable bonds is 7. The van der Waals surface area contributed by atoms with E-state index in [9.17, 15) is 9.90 Å². The first kappa shape index (κ1) is 15.6. The van der Waals surface area contributed by atoms with Crippen LogP contribution in [0.4, 0.5) is 4.79 Å². The predicted molar refractivity (Wildman–Crippen MR) is 73.6 cm³/mol. The third kappa shape index (κ3) is 6.86. The summed E-state index contributed by atoms with van der Waals surface area (Å²) >= 11 is 0. The quantitative estimate of drug-likeness (QED) is 0.710. The van der Waals surface area contributed by atoms with Gasteiger partial charge in [-0.1, -0.05) is 13.8 Å². The Kier molecular flexibility index (Phi) is 5.89. The van der Waals surface area contributed by atoms with E-state index < -0.39 is 5.60 Å². The lowest BCUT2D eigenvalue weighted by Gasteiger charge is -2.24. The maximum atomic E-state index is 11.5. The van der Waals surface area contributed by atoms with Crippen molar-refractivity contribution < 1.29 is 14.3 Å². The van der Waals surface area contributed by atoms with E-state index in [2.05, 4.69) is 24.5 Å². The smallest absolute Gasteiger partial charge is 0.315 e. The standard InChI is InChI=1S/C14H24N2O3/c1-11(2)6-7-14(3,18)10-16-13(17)15-9-12-5-4-8-19-12/h4-5,8,11,18H,6-7,9-10H2,1-3H3,(H2,15,16,17)/t14-/m0/s1. The zero-order chi connectivity index (χ0) is 14.3. The van der Waals surface area contributed by atoms with Crippen molar-refractivity contribution in [2.24, 2.45) is 5.92 Å². The second-order valence-corrected chi connectivity index (χ2v) is 5.55. The van der Waals surface area contributed by atoms with Crippen molar-refractivity contribution in [3.63, 3.8) is 0 Å². The minimum absolute atomic E-state index is 0.240. The minimum atomic E-state index is -0.869. The second kappa shape index (κ2) is 7.19. The Morgan fingerprint density at radius 1 is 1.47 bits per heavy atom. The van der Waals surface area contributed by atoms with E-state index in [0.717, 1.165) is 6.42 Å². The maximum absolute atomic E-state index is 11.5. The van der Waals surface area contributed by atoms with Crippen LogP contribution in [0.3, 0.4) is 0 Å². The average molecular weight is 268 g/mol. The predicted octanol–water partition coefficient (Wildman–Crippen LogP) is 2.27. The van der Waals surface area contributed by atoms with E-state index in [4.69, 9.17) is 4.42 Å². The van der Waals surface area contributed by atoms with E-state index in [1.165, 1.54) is 0 Å². The van der Waals surface area contributed by atoms with E-state index >= 15 is 0 Å². The molecule has 3 N–H and O–H groups in total. The lowest BCUT2D eigenvalue weighted by molar-refractivity contribution is 0.0476. The molecule has 1 aromatic heterocycles. The molecule has 1 atom stereocenters. The fraction of sp³-hybridized carbons (Fsp3) is 0.643. The van der Waals surface area contributed by atoms with Gasteiger partial charge in [0.1, 0.15) is 5.76 Å². The van der Waals surface area contributed by atoms with Crippen LogP contribution in [-0.4, -0.2) is 23.3 Å². The molecule has 0 bridgehead atoms. The molecule has 5 nitrogen and oxygen atoms in total. The van der Waals surface area contributed by atoms with Gasteiger partial charge in [-0.2, -0.15) is 0 Å². The molecule has 0 aliphatic rings. The third-order valence-corrected chi connectivity index (χ3v) is 2.89. The molecule has 0 radical (unpaired) electrons. The van der Waals surface area contributed by atoms with Gasteiger partial charge >= 0.3 is 6.03 Å². The highest BCUT2D eigenvalue weighted by molar-refractivity contribution is 5.73. The van der Waals surface area contributed by atoms with Gasteiger partial charge in [-0.3, -0.25) is 0 Å². The van der Waals surface area contributed by atoms with Gasteiger partial charge in [-0.25, -0.2) is 4.79 Å². The first-order valence-corrected chi connectivity index (χ1v) is 6.65. The number of carbonyl (C=O) groups excluding carboxylic acids is 1. The molecular formula is C14H24N2O3. The van der Waals surface area contributed by atoms with Crippen LogP contribution >= 0.6 is 0 Å². The van der Waals surface area contributed by atoms with Gasteiger partial charge in [0, 0.05) is 6.54 Å². The average Bonchev–Trinajstić information content (AvgIpc) is 2.85. The van der Waals surface area contributed by atoms with Gasteiger partial charge in [0.2, 0.25) is 0 Å².